The molecule has 0 radical (unpaired) electrons. The molecule has 3 aromatic rings. The molecule has 0 bridgehead atoms. The van der Waals surface area contributed by atoms with E-state index in [1.54, 1.807) is 13.1 Å². The fourth-order valence-corrected chi connectivity index (χ4v) is 3.75. The van der Waals surface area contributed by atoms with Crippen molar-refractivity contribution in [2.24, 2.45) is 7.05 Å². The number of methoxy groups -OCH3 is 2. The van der Waals surface area contributed by atoms with Crippen LogP contribution in [0.1, 0.15) is 26.5 Å². The zero-order valence-corrected chi connectivity index (χ0v) is 20.3. The van der Waals surface area contributed by atoms with E-state index in [1.165, 1.54) is 55.2 Å². The molecule has 3 rings (SSSR count). The largest absolute Gasteiger partial charge is 0.465 e. The molecule has 188 valence electrons. The molecule has 2 N–H and O–H groups in total. The van der Waals surface area contributed by atoms with Crippen LogP contribution in [0.4, 0.5) is 15.8 Å². The molecule has 36 heavy (non-hydrogen) atoms. The molecule has 0 atom stereocenters. The van der Waals surface area contributed by atoms with Gasteiger partial charge in [-0.25, -0.2) is 14.0 Å². The molecule has 0 fully saturated rings. The van der Waals surface area contributed by atoms with Gasteiger partial charge in [0.25, 0.3) is 0 Å². The van der Waals surface area contributed by atoms with E-state index >= 15 is 0 Å². The third kappa shape index (κ3) is 6.44. The summed E-state index contributed by atoms with van der Waals surface area (Å²) in [4.78, 5) is 48.7. The highest BCUT2D eigenvalue weighted by Gasteiger charge is 2.19. The van der Waals surface area contributed by atoms with Crippen molar-refractivity contribution in [3.63, 3.8) is 0 Å². The summed E-state index contributed by atoms with van der Waals surface area (Å²) in [6, 6.07) is 9.83. The molecule has 2 aromatic carbocycles. The molecule has 0 aliphatic carbocycles. The van der Waals surface area contributed by atoms with Gasteiger partial charge in [0, 0.05) is 7.05 Å². The molecule has 1 aromatic heterocycles. The van der Waals surface area contributed by atoms with Crippen LogP contribution in [0.3, 0.4) is 0 Å². The summed E-state index contributed by atoms with van der Waals surface area (Å²) in [5.74, 6) is -2.66. The monoisotopic (exact) mass is 515 g/mol. The third-order valence-corrected chi connectivity index (χ3v) is 5.86. The van der Waals surface area contributed by atoms with Gasteiger partial charge in [-0.05, 0) is 30.3 Å². The number of rotatable bonds is 9. The van der Waals surface area contributed by atoms with Crippen LogP contribution in [0, 0.1) is 5.82 Å². The van der Waals surface area contributed by atoms with Gasteiger partial charge in [-0.2, -0.15) is 0 Å². The van der Waals surface area contributed by atoms with Gasteiger partial charge in [-0.3, -0.25) is 9.59 Å². The van der Waals surface area contributed by atoms with Gasteiger partial charge in [-0.1, -0.05) is 23.9 Å². The van der Waals surface area contributed by atoms with E-state index in [0.29, 0.717) is 11.0 Å². The Kier molecular flexibility index (Phi) is 8.73. The lowest BCUT2D eigenvalue weighted by atomic mass is 10.1. The molecular weight excluding hydrogens is 493 g/mol. The van der Waals surface area contributed by atoms with Crippen LogP contribution in [0.5, 0.6) is 0 Å². The smallest absolute Gasteiger partial charge is 0.339 e. The number of halogens is 1. The van der Waals surface area contributed by atoms with Crippen molar-refractivity contribution in [2.45, 2.75) is 11.6 Å². The molecule has 0 unspecified atom stereocenters. The Morgan fingerprint density at radius 3 is 2.33 bits per heavy atom. The number of ether oxygens (including phenoxy) is 2. The Hall–Kier alpha value is -4.26. The number of nitrogens with one attached hydrogen (secondary N) is 2. The number of carbonyl (C=O) groups is 4. The first-order chi connectivity index (χ1) is 17.2. The second-order valence-electron chi connectivity index (χ2n) is 7.24. The first-order valence-electron chi connectivity index (χ1n) is 10.4. The van der Waals surface area contributed by atoms with Gasteiger partial charge in [0.1, 0.15) is 11.6 Å². The van der Waals surface area contributed by atoms with Gasteiger partial charge in [-0.15, -0.1) is 10.2 Å². The number of amides is 2. The van der Waals surface area contributed by atoms with E-state index in [2.05, 4.69) is 25.6 Å². The summed E-state index contributed by atoms with van der Waals surface area (Å²) in [5.41, 5.74) is 0.336. The summed E-state index contributed by atoms with van der Waals surface area (Å²) < 4.78 is 24.7. The predicted octanol–water partition coefficient (Wildman–Crippen LogP) is 2.44. The maximum Gasteiger partial charge on any atom is 0.339 e. The Bertz CT molecular complexity index is 1310. The van der Waals surface area contributed by atoms with Crippen LogP contribution >= 0.6 is 11.8 Å². The number of benzene rings is 2. The van der Waals surface area contributed by atoms with Crippen LogP contribution < -0.4 is 10.6 Å². The lowest BCUT2D eigenvalue weighted by molar-refractivity contribution is -0.116. The Morgan fingerprint density at radius 2 is 1.64 bits per heavy atom. The minimum atomic E-state index is -0.694. The highest BCUT2D eigenvalue weighted by molar-refractivity contribution is 7.99. The van der Waals surface area contributed by atoms with E-state index in [1.807, 2.05) is 0 Å². The lowest BCUT2D eigenvalue weighted by Gasteiger charge is -2.11. The number of hydrogen-bond acceptors (Lipinski definition) is 9. The van der Waals surface area contributed by atoms with Gasteiger partial charge in [0.05, 0.1) is 48.9 Å². The Balaban J connectivity index is 1.64. The van der Waals surface area contributed by atoms with Crippen molar-refractivity contribution >= 4 is 46.9 Å². The van der Waals surface area contributed by atoms with E-state index in [4.69, 9.17) is 4.74 Å². The van der Waals surface area contributed by atoms with Crippen LogP contribution in [-0.4, -0.2) is 58.5 Å². The number of hydrogen-bond donors (Lipinski definition) is 2. The maximum atomic E-state index is 13.7. The first-order valence-corrected chi connectivity index (χ1v) is 11.4. The molecule has 11 nitrogen and oxygen atoms in total. The standard InChI is InChI=1S/C23H22FN5O6S/c1-29-18(11-19(30)25-16-7-5-4-6-15(16)24)27-28-23(29)36-12-20(31)26-17-10-13(21(32)34-2)8-9-14(17)22(33)35-3/h4-10H,11-12H2,1-3H3,(H,25,30)(H,26,31). The quantitative estimate of drug-likeness (QED) is 0.325. The van der Waals surface area contributed by atoms with Crippen molar-refractivity contribution in [2.75, 3.05) is 30.6 Å². The molecule has 0 aliphatic rings. The summed E-state index contributed by atoms with van der Waals surface area (Å²) in [6.07, 6.45) is -0.159. The number of nitrogens with zero attached hydrogens (tertiary/aromatic N) is 3. The van der Waals surface area contributed by atoms with Gasteiger partial charge in [0.15, 0.2) is 5.16 Å². The fourth-order valence-electron chi connectivity index (χ4n) is 3.02. The minimum Gasteiger partial charge on any atom is -0.465 e. The first kappa shape index (κ1) is 26.3. The highest BCUT2D eigenvalue weighted by Crippen LogP contribution is 2.22. The third-order valence-electron chi connectivity index (χ3n) is 4.84. The SMILES string of the molecule is COC(=O)c1ccc(C(=O)OC)c(NC(=O)CSc2nnc(CC(=O)Nc3ccccc3F)n2C)c1. The number of carbonyl (C=O) groups excluding carboxylic acids is 4. The summed E-state index contributed by atoms with van der Waals surface area (Å²) in [7, 11) is 4.03. The second kappa shape index (κ2) is 11.9. The zero-order chi connectivity index (χ0) is 26.2. The van der Waals surface area contributed by atoms with Crippen molar-refractivity contribution in [3.8, 4) is 0 Å². The Morgan fingerprint density at radius 1 is 0.944 bits per heavy atom. The summed E-state index contributed by atoms with van der Waals surface area (Å²) in [5, 5.41) is 13.4. The van der Waals surface area contributed by atoms with E-state index in [9.17, 15) is 23.6 Å². The fraction of sp³-hybridized carbons (Fsp3) is 0.217. The summed E-state index contributed by atoms with van der Waals surface area (Å²) >= 11 is 1.04. The zero-order valence-electron chi connectivity index (χ0n) is 19.5. The number of anilines is 2. The molecule has 1 heterocycles. The van der Waals surface area contributed by atoms with Crippen LogP contribution in [0.25, 0.3) is 0 Å². The van der Waals surface area contributed by atoms with Crippen molar-refractivity contribution < 1.29 is 33.0 Å². The van der Waals surface area contributed by atoms with Gasteiger partial charge >= 0.3 is 11.9 Å². The number of esters is 2. The molecule has 0 saturated carbocycles. The van der Waals surface area contributed by atoms with Crippen LogP contribution in [0.2, 0.25) is 0 Å². The predicted molar refractivity (Wildman–Crippen MR) is 128 cm³/mol. The average molecular weight is 516 g/mol. The molecule has 0 saturated heterocycles. The molecule has 0 aliphatic heterocycles. The van der Waals surface area contributed by atoms with Crippen LogP contribution in [-0.2, 0) is 32.5 Å². The number of aromatic nitrogens is 3. The average Bonchev–Trinajstić information content (AvgIpc) is 3.21. The van der Waals surface area contributed by atoms with E-state index in [-0.39, 0.29) is 34.7 Å². The topological polar surface area (TPSA) is 142 Å². The normalized spacial score (nSPS) is 10.4. The minimum absolute atomic E-state index is 0.0542. The van der Waals surface area contributed by atoms with E-state index in [0.717, 1.165) is 11.8 Å². The van der Waals surface area contributed by atoms with Crippen molar-refractivity contribution in [3.05, 3.63) is 65.2 Å². The van der Waals surface area contributed by atoms with Crippen molar-refractivity contribution in [1.29, 1.82) is 0 Å². The van der Waals surface area contributed by atoms with Crippen molar-refractivity contribution in [1.82, 2.24) is 14.8 Å². The van der Waals surface area contributed by atoms with Gasteiger partial charge < -0.3 is 24.7 Å². The second-order valence-corrected chi connectivity index (χ2v) is 8.19. The summed E-state index contributed by atoms with van der Waals surface area (Å²) in [6.45, 7) is 0. The van der Waals surface area contributed by atoms with Crippen LogP contribution in [0.15, 0.2) is 47.6 Å². The number of thioether (sulfide) groups is 1. The molecular formula is C23H22FN5O6S. The molecule has 2 amide bonds. The van der Waals surface area contributed by atoms with Gasteiger partial charge in [0.2, 0.25) is 11.8 Å². The maximum absolute atomic E-state index is 13.7. The lowest BCUT2D eigenvalue weighted by Crippen LogP contribution is -2.19. The highest BCUT2D eigenvalue weighted by atomic mass is 32.2. The molecule has 13 heteroatoms. The van der Waals surface area contributed by atoms with E-state index < -0.39 is 29.6 Å². The molecule has 0 spiro atoms. The Labute approximate surface area is 209 Å². The number of para-hydroxylation sites is 1.